The molecule has 5 nitrogen and oxygen atoms in total. The van der Waals surface area contributed by atoms with E-state index < -0.39 is 0 Å². The van der Waals surface area contributed by atoms with Gasteiger partial charge in [0.2, 0.25) is 0 Å². The average molecular weight is 325 g/mol. The highest BCUT2D eigenvalue weighted by Gasteiger charge is 2.21. The Bertz CT molecular complexity index is 640. The molecular weight excluding hydrogens is 307 g/mol. The number of aromatic amines is 1. The van der Waals surface area contributed by atoms with E-state index in [-0.39, 0.29) is 30.2 Å². The van der Waals surface area contributed by atoms with Crippen LogP contribution in [0.1, 0.15) is 23.2 Å². The Morgan fingerprint density at radius 1 is 1.36 bits per heavy atom. The minimum atomic E-state index is -0.380. The molecule has 0 unspecified atom stereocenters. The zero-order valence-corrected chi connectivity index (χ0v) is 12.8. The van der Waals surface area contributed by atoms with Crippen molar-refractivity contribution in [1.29, 1.82) is 0 Å². The topological polar surface area (TPSA) is 69.8 Å². The summed E-state index contributed by atoms with van der Waals surface area (Å²) in [6, 6.07) is 6.44. The van der Waals surface area contributed by atoms with Crippen molar-refractivity contribution in [2.75, 3.05) is 13.1 Å². The van der Waals surface area contributed by atoms with Crippen LogP contribution < -0.4 is 10.6 Å². The summed E-state index contributed by atoms with van der Waals surface area (Å²) in [5.74, 6) is -0.606. The maximum atomic E-state index is 13.9. The number of carbonyl (C=O) groups excluding carboxylic acids is 1. The third-order valence-corrected chi connectivity index (χ3v) is 3.66. The van der Waals surface area contributed by atoms with Crippen molar-refractivity contribution in [3.8, 4) is 11.3 Å². The SMILES string of the molecule is Cl.O=C(N[C@H]1CCCNC1)c1cn[nH]c1-c1ccccc1F. The van der Waals surface area contributed by atoms with Crippen LogP contribution in [0.25, 0.3) is 11.3 Å². The summed E-state index contributed by atoms with van der Waals surface area (Å²) < 4.78 is 13.9. The Morgan fingerprint density at radius 3 is 2.91 bits per heavy atom. The van der Waals surface area contributed by atoms with Gasteiger partial charge >= 0.3 is 0 Å². The Balaban J connectivity index is 0.00000176. The summed E-state index contributed by atoms with van der Waals surface area (Å²) in [4.78, 5) is 12.4. The van der Waals surface area contributed by atoms with Crippen LogP contribution in [0.5, 0.6) is 0 Å². The van der Waals surface area contributed by atoms with E-state index in [9.17, 15) is 9.18 Å². The predicted octanol–water partition coefficient (Wildman–Crippen LogP) is 2.12. The molecule has 1 amide bonds. The van der Waals surface area contributed by atoms with Gasteiger partial charge in [0.15, 0.2) is 0 Å². The summed E-state index contributed by atoms with van der Waals surface area (Å²) in [7, 11) is 0. The molecule has 0 radical (unpaired) electrons. The van der Waals surface area contributed by atoms with Crippen molar-refractivity contribution in [1.82, 2.24) is 20.8 Å². The molecule has 1 fully saturated rings. The number of piperidine rings is 1. The second-order valence-electron chi connectivity index (χ2n) is 5.16. The number of nitrogens with one attached hydrogen (secondary N) is 3. The molecule has 0 spiro atoms. The van der Waals surface area contributed by atoms with Gasteiger partial charge in [-0.25, -0.2) is 4.39 Å². The van der Waals surface area contributed by atoms with Gasteiger partial charge in [-0.15, -0.1) is 12.4 Å². The maximum Gasteiger partial charge on any atom is 0.255 e. The molecule has 22 heavy (non-hydrogen) atoms. The quantitative estimate of drug-likeness (QED) is 0.810. The van der Waals surface area contributed by atoms with Gasteiger partial charge in [0, 0.05) is 18.2 Å². The summed E-state index contributed by atoms with van der Waals surface area (Å²) >= 11 is 0. The number of amides is 1. The van der Waals surface area contributed by atoms with E-state index in [2.05, 4.69) is 20.8 Å². The molecule has 1 aromatic carbocycles. The van der Waals surface area contributed by atoms with Crippen molar-refractivity contribution in [2.45, 2.75) is 18.9 Å². The minimum Gasteiger partial charge on any atom is -0.348 e. The van der Waals surface area contributed by atoms with Crippen molar-refractivity contribution in [3.05, 3.63) is 41.8 Å². The second kappa shape index (κ2) is 7.38. The van der Waals surface area contributed by atoms with Gasteiger partial charge in [-0.1, -0.05) is 12.1 Å². The molecule has 2 aromatic rings. The van der Waals surface area contributed by atoms with E-state index in [4.69, 9.17) is 0 Å². The highest BCUT2D eigenvalue weighted by Crippen LogP contribution is 2.24. The maximum absolute atomic E-state index is 13.9. The van der Waals surface area contributed by atoms with E-state index in [0.717, 1.165) is 25.9 Å². The lowest BCUT2D eigenvalue weighted by Gasteiger charge is -2.23. The van der Waals surface area contributed by atoms with Gasteiger partial charge in [0.1, 0.15) is 5.82 Å². The lowest BCUT2D eigenvalue weighted by Crippen LogP contribution is -2.45. The van der Waals surface area contributed by atoms with E-state index >= 15 is 0 Å². The van der Waals surface area contributed by atoms with Crippen LogP contribution in [0, 0.1) is 5.82 Å². The van der Waals surface area contributed by atoms with Crippen LogP contribution in [-0.2, 0) is 0 Å². The number of benzene rings is 1. The molecule has 2 heterocycles. The molecule has 7 heteroatoms. The third kappa shape index (κ3) is 3.45. The predicted molar refractivity (Wildman–Crippen MR) is 84.6 cm³/mol. The standard InChI is InChI=1S/C15H17FN4O.ClH/c16-13-6-2-1-5-11(13)14-12(9-18-20-14)15(21)19-10-4-3-7-17-8-10;/h1-2,5-6,9-10,17H,3-4,7-8H2,(H,18,20)(H,19,21);1H/t10-;/m0./s1. The molecule has 1 aromatic heterocycles. The Kier molecular flexibility index (Phi) is 5.51. The van der Waals surface area contributed by atoms with E-state index in [1.54, 1.807) is 18.2 Å². The zero-order valence-electron chi connectivity index (χ0n) is 11.9. The molecular formula is C15H18ClFN4O. The van der Waals surface area contributed by atoms with Gasteiger partial charge < -0.3 is 10.6 Å². The highest BCUT2D eigenvalue weighted by atomic mass is 35.5. The molecule has 3 rings (SSSR count). The number of hydrogen-bond donors (Lipinski definition) is 3. The second-order valence-corrected chi connectivity index (χ2v) is 5.16. The minimum absolute atomic E-state index is 0. The molecule has 0 aliphatic carbocycles. The van der Waals surface area contributed by atoms with Crippen molar-refractivity contribution in [3.63, 3.8) is 0 Å². The van der Waals surface area contributed by atoms with Crippen LogP contribution >= 0.6 is 12.4 Å². The van der Waals surface area contributed by atoms with Crippen LogP contribution in [0.3, 0.4) is 0 Å². The monoisotopic (exact) mass is 324 g/mol. The first-order chi connectivity index (χ1) is 10.3. The fourth-order valence-electron chi connectivity index (χ4n) is 2.57. The van der Waals surface area contributed by atoms with Gasteiger partial charge in [-0.2, -0.15) is 5.10 Å². The fraction of sp³-hybridized carbons (Fsp3) is 0.333. The summed E-state index contributed by atoms with van der Waals surface area (Å²) in [6.45, 7) is 1.75. The average Bonchev–Trinajstić information content (AvgIpc) is 2.98. The molecule has 1 atom stereocenters. The van der Waals surface area contributed by atoms with Gasteiger partial charge in [0.25, 0.3) is 5.91 Å². The first-order valence-electron chi connectivity index (χ1n) is 7.05. The lowest BCUT2D eigenvalue weighted by atomic mass is 10.0. The van der Waals surface area contributed by atoms with Crippen LogP contribution in [0.2, 0.25) is 0 Å². The normalized spacial score (nSPS) is 17.6. The molecule has 0 saturated carbocycles. The lowest BCUT2D eigenvalue weighted by molar-refractivity contribution is 0.0931. The van der Waals surface area contributed by atoms with Crippen LogP contribution in [-0.4, -0.2) is 35.2 Å². The number of carbonyl (C=O) groups is 1. The van der Waals surface area contributed by atoms with Crippen molar-refractivity contribution >= 4 is 18.3 Å². The first kappa shape index (κ1) is 16.5. The Morgan fingerprint density at radius 2 is 2.18 bits per heavy atom. The number of nitrogens with zero attached hydrogens (tertiary/aromatic N) is 1. The summed E-state index contributed by atoms with van der Waals surface area (Å²) in [5.41, 5.74) is 1.13. The fourth-order valence-corrected chi connectivity index (χ4v) is 2.57. The number of rotatable bonds is 3. The van der Waals surface area contributed by atoms with Crippen LogP contribution in [0.15, 0.2) is 30.5 Å². The molecule has 0 bridgehead atoms. The Hall–Kier alpha value is -1.92. The van der Waals surface area contributed by atoms with Gasteiger partial charge in [0.05, 0.1) is 17.5 Å². The molecule has 1 saturated heterocycles. The van der Waals surface area contributed by atoms with Crippen molar-refractivity contribution in [2.24, 2.45) is 0 Å². The Labute approximate surface area is 134 Å². The number of hydrogen-bond acceptors (Lipinski definition) is 3. The number of aromatic nitrogens is 2. The number of H-pyrrole nitrogens is 1. The van der Waals surface area contributed by atoms with Gasteiger partial charge in [-0.3, -0.25) is 9.89 Å². The largest absolute Gasteiger partial charge is 0.348 e. The van der Waals surface area contributed by atoms with Crippen LogP contribution in [0.4, 0.5) is 4.39 Å². The van der Waals surface area contributed by atoms with Crippen molar-refractivity contribution < 1.29 is 9.18 Å². The van der Waals surface area contributed by atoms with E-state index in [0.29, 0.717) is 16.8 Å². The summed E-state index contributed by atoms with van der Waals surface area (Å²) in [6.07, 6.45) is 3.43. The smallest absolute Gasteiger partial charge is 0.255 e. The molecule has 1 aliphatic heterocycles. The van der Waals surface area contributed by atoms with E-state index in [1.807, 2.05) is 0 Å². The molecule has 118 valence electrons. The van der Waals surface area contributed by atoms with Gasteiger partial charge in [-0.05, 0) is 31.5 Å². The highest BCUT2D eigenvalue weighted by molar-refractivity contribution is 5.99. The molecule has 1 aliphatic rings. The third-order valence-electron chi connectivity index (χ3n) is 3.66. The number of halogens is 2. The first-order valence-corrected chi connectivity index (χ1v) is 7.05. The zero-order chi connectivity index (χ0) is 14.7. The molecule has 3 N–H and O–H groups in total. The van der Waals surface area contributed by atoms with E-state index in [1.165, 1.54) is 12.3 Å². The summed E-state index contributed by atoms with van der Waals surface area (Å²) in [5, 5.41) is 12.8.